The van der Waals surface area contributed by atoms with Crippen LogP contribution < -0.4 is 10.6 Å². The molecule has 168 valence electrons. The van der Waals surface area contributed by atoms with Crippen LogP contribution in [0.15, 0.2) is 63.8 Å². The first-order chi connectivity index (χ1) is 15.4. The summed E-state index contributed by atoms with van der Waals surface area (Å²) in [6.45, 7) is 0.280. The van der Waals surface area contributed by atoms with Crippen molar-refractivity contribution in [3.8, 4) is 0 Å². The first-order valence-electron chi connectivity index (χ1n) is 10.0. The molecule has 2 N–H and O–H groups in total. The van der Waals surface area contributed by atoms with Gasteiger partial charge in [-0.25, -0.2) is 8.42 Å². The highest BCUT2D eigenvalue weighted by molar-refractivity contribution is 8.01. The lowest BCUT2D eigenvalue weighted by Crippen LogP contribution is -2.26. The van der Waals surface area contributed by atoms with E-state index in [-0.39, 0.29) is 23.1 Å². The third kappa shape index (κ3) is 6.06. The van der Waals surface area contributed by atoms with Gasteiger partial charge in [-0.05, 0) is 42.7 Å². The summed E-state index contributed by atoms with van der Waals surface area (Å²) in [7, 11) is -2.08. The zero-order chi connectivity index (χ0) is 22.6. The number of nitrogens with one attached hydrogen (secondary N) is 2. The van der Waals surface area contributed by atoms with Crippen molar-refractivity contribution in [2.24, 2.45) is 0 Å². The smallest absolute Gasteiger partial charge is 0.243 e. The highest BCUT2D eigenvalue weighted by atomic mass is 32.2. The zero-order valence-corrected chi connectivity index (χ0v) is 19.8. The first kappa shape index (κ1) is 22.7. The molecule has 0 spiro atoms. The van der Waals surface area contributed by atoms with Crippen molar-refractivity contribution >= 4 is 49.8 Å². The van der Waals surface area contributed by atoms with Gasteiger partial charge in [0.05, 0.1) is 10.6 Å². The van der Waals surface area contributed by atoms with Gasteiger partial charge < -0.3 is 10.6 Å². The molecule has 1 aliphatic rings. The average Bonchev–Trinajstić information content (AvgIpc) is 3.49. The van der Waals surface area contributed by atoms with Crippen LogP contribution in [-0.4, -0.2) is 47.7 Å². The maximum Gasteiger partial charge on any atom is 0.243 e. The normalized spacial score (nSPS) is 13.8. The molecule has 4 rings (SSSR count). The molecule has 1 aromatic heterocycles. The summed E-state index contributed by atoms with van der Waals surface area (Å²) in [5, 5.41) is 15.0. The number of rotatable bonds is 10. The average molecular weight is 490 g/mol. The fourth-order valence-corrected chi connectivity index (χ4v) is 5.66. The van der Waals surface area contributed by atoms with Crippen LogP contribution in [0, 0.1) is 0 Å². The van der Waals surface area contributed by atoms with Gasteiger partial charge in [-0.2, -0.15) is 4.31 Å². The molecule has 1 heterocycles. The van der Waals surface area contributed by atoms with E-state index in [0.29, 0.717) is 11.7 Å². The molecule has 1 amide bonds. The van der Waals surface area contributed by atoms with E-state index in [0.717, 1.165) is 27.9 Å². The Hall–Kier alpha value is -2.47. The minimum Gasteiger partial charge on any atom is -0.357 e. The summed E-state index contributed by atoms with van der Waals surface area (Å²) in [6.07, 6.45) is 2.32. The summed E-state index contributed by atoms with van der Waals surface area (Å²) in [6, 6.07) is 16.1. The highest BCUT2D eigenvalue weighted by Gasteiger charge is 2.23. The van der Waals surface area contributed by atoms with Crippen molar-refractivity contribution in [3.05, 3.63) is 60.2 Å². The number of anilines is 2. The molecule has 1 saturated carbocycles. The molecule has 1 aliphatic carbocycles. The number of amides is 1. The molecule has 0 radical (unpaired) electrons. The van der Waals surface area contributed by atoms with Gasteiger partial charge >= 0.3 is 0 Å². The van der Waals surface area contributed by atoms with Crippen molar-refractivity contribution in [2.75, 3.05) is 23.4 Å². The number of benzene rings is 2. The Labute approximate surface area is 195 Å². The minimum absolute atomic E-state index is 0.174. The number of carbonyl (C=O) groups is 1. The SMILES string of the molecule is CN(Cc1ccccc1)S(=O)(=O)c1ccc(NC(=O)CSc2nnc(NC3CC3)s2)cc1. The maximum atomic E-state index is 12.8. The van der Waals surface area contributed by atoms with Gasteiger partial charge in [-0.1, -0.05) is 53.4 Å². The van der Waals surface area contributed by atoms with Gasteiger partial charge in [0, 0.05) is 25.3 Å². The van der Waals surface area contributed by atoms with Crippen LogP contribution in [0.2, 0.25) is 0 Å². The van der Waals surface area contributed by atoms with Gasteiger partial charge in [0.25, 0.3) is 0 Å². The summed E-state index contributed by atoms with van der Waals surface area (Å²) in [5.74, 6) is -0.00326. The van der Waals surface area contributed by atoms with Crippen molar-refractivity contribution in [1.29, 1.82) is 0 Å². The molecule has 0 saturated heterocycles. The van der Waals surface area contributed by atoms with E-state index in [9.17, 15) is 13.2 Å². The monoisotopic (exact) mass is 489 g/mol. The van der Waals surface area contributed by atoms with Crippen LogP contribution in [0.25, 0.3) is 0 Å². The predicted octanol–water partition coefficient (Wildman–Crippen LogP) is 3.66. The van der Waals surface area contributed by atoms with Crippen LogP contribution >= 0.6 is 23.1 Å². The molecule has 8 nitrogen and oxygen atoms in total. The Bertz CT molecular complexity index is 1160. The van der Waals surface area contributed by atoms with E-state index >= 15 is 0 Å². The van der Waals surface area contributed by atoms with E-state index in [1.807, 2.05) is 30.3 Å². The van der Waals surface area contributed by atoms with Crippen LogP contribution in [-0.2, 0) is 21.4 Å². The molecule has 2 aromatic carbocycles. The first-order valence-corrected chi connectivity index (χ1v) is 13.3. The summed E-state index contributed by atoms with van der Waals surface area (Å²) < 4.78 is 27.7. The van der Waals surface area contributed by atoms with Gasteiger partial charge in [0.2, 0.25) is 21.1 Å². The molecule has 11 heteroatoms. The molecule has 1 fully saturated rings. The van der Waals surface area contributed by atoms with Gasteiger partial charge in [0.1, 0.15) is 0 Å². The Morgan fingerprint density at radius 3 is 2.53 bits per heavy atom. The maximum absolute atomic E-state index is 12.8. The van der Waals surface area contributed by atoms with Crippen LogP contribution in [0.3, 0.4) is 0 Å². The lowest BCUT2D eigenvalue weighted by Gasteiger charge is -2.17. The molecule has 0 atom stereocenters. The minimum atomic E-state index is -3.63. The van der Waals surface area contributed by atoms with Crippen molar-refractivity contribution in [1.82, 2.24) is 14.5 Å². The third-order valence-corrected chi connectivity index (χ3v) is 8.54. The van der Waals surface area contributed by atoms with Crippen LogP contribution in [0.5, 0.6) is 0 Å². The largest absolute Gasteiger partial charge is 0.357 e. The molecular formula is C21H23N5O3S3. The second kappa shape index (κ2) is 9.99. The van der Waals surface area contributed by atoms with Crippen molar-refractivity contribution < 1.29 is 13.2 Å². The lowest BCUT2D eigenvalue weighted by atomic mass is 10.2. The Kier molecular flexibility index (Phi) is 7.09. The summed E-state index contributed by atoms with van der Waals surface area (Å²) in [4.78, 5) is 12.4. The second-order valence-corrected chi connectivity index (χ2v) is 11.6. The van der Waals surface area contributed by atoms with Crippen LogP contribution in [0.4, 0.5) is 10.8 Å². The van der Waals surface area contributed by atoms with E-state index in [1.54, 1.807) is 19.2 Å². The van der Waals surface area contributed by atoms with Gasteiger partial charge in [-0.15, -0.1) is 10.2 Å². The predicted molar refractivity (Wildman–Crippen MR) is 127 cm³/mol. The number of hydrogen-bond acceptors (Lipinski definition) is 8. The van der Waals surface area contributed by atoms with Gasteiger partial charge in [-0.3, -0.25) is 4.79 Å². The lowest BCUT2D eigenvalue weighted by molar-refractivity contribution is -0.113. The Morgan fingerprint density at radius 2 is 1.84 bits per heavy atom. The number of thioether (sulfide) groups is 1. The molecular weight excluding hydrogens is 466 g/mol. The highest BCUT2D eigenvalue weighted by Crippen LogP contribution is 2.30. The quantitative estimate of drug-likeness (QED) is 0.419. The second-order valence-electron chi connectivity index (χ2n) is 7.40. The summed E-state index contributed by atoms with van der Waals surface area (Å²) in [5.41, 5.74) is 1.44. The topological polar surface area (TPSA) is 104 Å². The molecule has 0 unspecified atom stereocenters. The zero-order valence-electron chi connectivity index (χ0n) is 17.4. The van der Waals surface area contributed by atoms with Crippen molar-refractivity contribution in [2.45, 2.75) is 34.7 Å². The van der Waals surface area contributed by atoms with Crippen LogP contribution in [0.1, 0.15) is 18.4 Å². The Morgan fingerprint density at radius 1 is 1.12 bits per heavy atom. The number of aromatic nitrogens is 2. The van der Waals surface area contributed by atoms with E-state index < -0.39 is 10.0 Å². The standard InChI is InChI=1S/C21H23N5O3S3/c1-26(13-15-5-3-2-4-6-15)32(28,29)18-11-9-16(10-12-18)22-19(27)14-30-21-25-24-20(31-21)23-17-7-8-17/h2-6,9-12,17H,7-8,13-14H2,1H3,(H,22,27)(H,23,24). The number of carbonyl (C=O) groups excluding carboxylic acids is 1. The molecule has 32 heavy (non-hydrogen) atoms. The molecule has 3 aromatic rings. The van der Waals surface area contributed by atoms with Gasteiger partial charge in [0.15, 0.2) is 4.34 Å². The molecule has 0 bridgehead atoms. The Balaban J connectivity index is 1.29. The fraction of sp³-hybridized carbons (Fsp3) is 0.286. The van der Waals surface area contributed by atoms with E-state index in [4.69, 9.17) is 0 Å². The fourth-order valence-electron chi connectivity index (χ4n) is 2.87. The van der Waals surface area contributed by atoms with Crippen molar-refractivity contribution in [3.63, 3.8) is 0 Å². The number of hydrogen-bond donors (Lipinski definition) is 2. The summed E-state index contributed by atoms with van der Waals surface area (Å²) >= 11 is 2.75. The molecule has 0 aliphatic heterocycles. The number of nitrogens with zero attached hydrogens (tertiary/aromatic N) is 3. The van der Waals surface area contributed by atoms with E-state index in [1.165, 1.54) is 39.5 Å². The third-order valence-electron chi connectivity index (χ3n) is 4.73. The van der Waals surface area contributed by atoms with E-state index in [2.05, 4.69) is 20.8 Å². The number of sulfonamides is 1.